The number of carbonyl (C=O) groups is 1. The van der Waals surface area contributed by atoms with E-state index < -0.39 is 0 Å². The molecular formula is C25H22N2O4. The molecule has 0 saturated heterocycles. The Morgan fingerprint density at radius 1 is 0.903 bits per heavy atom. The van der Waals surface area contributed by atoms with E-state index in [1.54, 1.807) is 21.3 Å². The van der Waals surface area contributed by atoms with Crippen molar-refractivity contribution in [3.63, 3.8) is 0 Å². The number of methoxy groups -OCH3 is 3. The van der Waals surface area contributed by atoms with Gasteiger partial charge in [0.05, 0.1) is 44.5 Å². The molecule has 0 spiro atoms. The van der Waals surface area contributed by atoms with Crippen molar-refractivity contribution in [3.05, 3.63) is 77.4 Å². The lowest BCUT2D eigenvalue weighted by Gasteiger charge is -2.24. The van der Waals surface area contributed by atoms with Gasteiger partial charge in [-0.15, -0.1) is 0 Å². The average Bonchev–Trinajstić information content (AvgIpc) is 2.98. The minimum atomic E-state index is -0.134. The molecule has 3 aromatic rings. The second-order valence-corrected chi connectivity index (χ2v) is 7.44. The first kappa shape index (κ1) is 19.2. The molecule has 1 amide bonds. The van der Waals surface area contributed by atoms with Crippen molar-refractivity contribution in [2.45, 2.75) is 12.5 Å². The van der Waals surface area contributed by atoms with Gasteiger partial charge < -0.3 is 14.2 Å². The van der Waals surface area contributed by atoms with Gasteiger partial charge in [0.15, 0.2) is 11.5 Å². The quantitative estimate of drug-likeness (QED) is 0.607. The van der Waals surface area contributed by atoms with Gasteiger partial charge in [0.1, 0.15) is 0 Å². The molecule has 2 aliphatic rings. The van der Waals surface area contributed by atoms with E-state index in [1.165, 1.54) is 0 Å². The molecule has 1 unspecified atom stereocenters. The van der Waals surface area contributed by atoms with Crippen LogP contribution >= 0.6 is 0 Å². The summed E-state index contributed by atoms with van der Waals surface area (Å²) in [5.41, 5.74) is 5.05. The fraction of sp³-hybridized carbons (Fsp3) is 0.200. The fourth-order valence-corrected chi connectivity index (χ4v) is 4.44. The molecule has 2 heterocycles. The minimum Gasteiger partial charge on any atom is -0.493 e. The van der Waals surface area contributed by atoms with Crippen LogP contribution in [0.3, 0.4) is 0 Å². The van der Waals surface area contributed by atoms with Crippen LogP contribution in [0.15, 0.2) is 65.7 Å². The topological polar surface area (TPSA) is 60.4 Å². The molecule has 3 aromatic carbocycles. The Morgan fingerprint density at radius 3 is 2.29 bits per heavy atom. The number of hydrogen-bond donors (Lipinski definition) is 0. The van der Waals surface area contributed by atoms with Gasteiger partial charge in [0.25, 0.3) is 5.91 Å². The molecule has 6 nitrogen and oxygen atoms in total. The highest BCUT2D eigenvalue weighted by atomic mass is 16.5. The van der Waals surface area contributed by atoms with Gasteiger partial charge in [-0.2, -0.15) is 0 Å². The number of rotatable bonds is 4. The fourth-order valence-electron chi connectivity index (χ4n) is 4.44. The summed E-state index contributed by atoms with van der Waals surface area (Å²) in [6.07, 6.45) is 0.566. The van der Waals surface area contributed by atoms with Crippen molar-refractivity contribution in [2.75, 3.05) is 26.2 Å². The lowest BCUT2D eigenvalue weighted by atomic mass is 9.96. The number of fused-ring (bicyclic) bond motifs is 5. The molecule has 0 aromatic heterocycles. The number of nitrogens with zero attached hydrogens (tertiary/aromatic N) is 2. The molecule has 1 atom stereocenters. The maximum Gasteiger partial charge on any atom is 0.259 e. The van der Waals surface area contributed by atoms with Crippen LogP contribution in [-0.4, -0.2) is 32.9 Å². The number of amides is 1. The molecule has 2 aliphatic heterocycles. The Morgan fingerprint density at radius 2 is 1.58 bits per heavy atom. The van der Waals surface area contributed by atoms with E-state index >= 15 is 0 Å². The summed E-state index contributed by atoms with van der Waals surface area (Å²) in [7, 11) is 4.77. The van der Waals surface area contributed by atoms with E-state index in [1.807, 2.05) is 65.6 Å². The van der Waals surface area contributed by atoms with Gasteiger partial charge in [-0.1, -0.05) is 30.3 Å². The third-order valence-electron chi connectivity index (χ3n) is 5.86. The molecule has 0 radical (unpaired) electrons. The van der Waals surface area contributed by atoms with Crippen LogP contribution in [-0.2, 0) is 0 Å². The second kappa shape index (κ2) is 7.47. The van der Waals surface area contributed by atoms with Gasteiger partial charge >= 0.3 is 0 Å². The summed E-state index contributed by atoms with van der Waals surface area (Å²) in [5, 5.41) is 0. The largest absolute Gasteiger partial charge is 0.493 e. The first-order valence-corrected chi connectivity index (χ1v) is 10.1. The van der Waals surface area contributed by atoms with E-state index in [2.05, 4.69) is 0 Å². The molecule has 31 heavy (non-hydrogen) atoms. The Kier molecular flexibility index (Phi) is 4.62. The van der Waals surface area contributed by atoms with E-state index in [0.29, 0.717) is 23.7 Å². The Bertz CT molecular complexity index is 1190. The Balaban J connectivity index is 1.70. The summed E-state index contributed by atoms with van der Waals surface area (Å²) in [6, 6.07) is 19.2. The number of para-hydroxylation sites is 2. The van der Waals surface area contributed by atoms with Crippen molar-refractivity contribution in [1.29, 1.82) is 0 Å². The molecule has 5 rings (SSSR count). The lowest BCUT2D eigenvalue weighted by molar-refractivity contribution is 0.0992. The molecule has 0 fully saturated rings. The lowest BCUT2D eigenvalue weighted by Crippen LogP contribution is -2.28. The zero-order valence-electron chi connectivity index (χ0n) is 17.6. The zero-order chi connectivity index (χ0) is 21.5. The summed E-state index contributed by atoms with van der Waals surface area (Å²) in [4.78, 5) is 20.1. The van der Waals surface area contributed by atoms with E-state index in [-0.39, 0.29) is 11.9 Å². The SMILES string of the molecule is COc1cc(C2=Nc3ccccc3N3C(=O)c4ccccc4C3C2)cc(OC)c1OC. The number of aliphatic imine (C=N–C) groups is 1. The van der Waals surface area contributed by atoms with Crippen molar-refractivity contribution >= 4 is 23.0 Å². The van der Waals surface area contributed by atoms with Gasteiger partial charge in [0, 0.05) is 17.5 Å². The smallest absolute Gasteiger partial charge is 0.259 e. The summed E-state index contributed by atoms with van der Waals surface area (Å²) < 4.78 is 16.6. The predicted octanol–water partition coefficient (Wildman–Crippen LogP) is 4.94. The average molecular weight is 414 g/mol. The van der Waals surface area contributed by atoms with Crippen LogP contribution in [0.5, 0.6) is 17.2 Å². The Hall–Kier alpha value is -3.80. The second-order valence-electron chi connectivity index (χ2n) is 7.44. The van der Waals surface area contributed by atoms with E-state index in [9.17, 15) is 4.79 Å². The van der Waals surface area contributed by atoms with Crippen LogP contribution in [0.4, 0.5) is 11.4 Å². The first-order valence-electron chi connectivity index (χ1n) is 10.1. The number of carbonyl (C=O) groups excluding carboxylic acids is 1. The number of benzene rings is 3. The van der Waals surface area contributed by atoms with Crippen LogP contribution in [0.2, 0.25) is 0 Å². The summed E-state index contributed by atoms with van der Waals surface area (Å²) >= 11 is 0. The molecule has 156 valence electrons. The van der Waals surface area contributed by atoms with E-state index in [4.69, 9.17) is 19.2 Å². The minimum absolute atomic E-state index is 0.00870. The van der Waals surface area contributed by atoms with Crippen LogP contribution in [0, 0.1) is 0 Å². The Labute approximate surface area is 180 Å². The standard InChI is InChI=1S/C25H22N2O4/c1-29-22-12-15(13-23(30-2)24(22)31-3)19-14-21-16-8-4-5-9-17(16)25(28)27(21)20-11-7-6-10-18(20)26-19/h4-13,21H,14H2,1-3H3. The summed E-state index contributed by atoms with van der Waals surface area (Å²) in [6.45, 7) is 0. The van der Waals surface area contributed by atoms with Crippen molar-refractivity contribution in [1.82, 2.24) is 0 Å². The van der Waals surface area contributed by atoms with Gasteiger partial charge in [-0.25, -0.2) is 0 Å². The van der Waals surface area contributed by atoms with Crippen LogP contribution < -0.4 is 19.1 Å². The third kappa shape index (κ3) is 2.94. The number of hydrogen-bond acceptors (Lipinski definition) is 5. The van der Waals surface area contributed by atoms with Gasteiger partial charge in [0.2, 0.25) is 5.75 Å². The summed E-state index contributed by atoms with van der Waals surface area (Å²) in [5.74, 6) is 1.68. The highest BCUT2D eigenvalue weighted by Gasteiger charge is 2.40. The molecule has 0 saturated carbocycles. The highest BCUT2D eigenvalue weighted by molar-refractivity contribution is 6.15. The van der Waals surface area contributed by atoms with E-state index in [0.717, 1.165) is 33.8 Å². The predicted molar refractivity (Wildman–Crippen MR) is 119 cm³/mol. The normalized spacial score (nSPS) is 16.6. The molecule has 0 bridgehead atoms. The monoisotopic (exact) mass is 414 g/mol. The van der Waals surface area contributed by atoms with Crippen molar-refractivity contribution in [3.8, 4) is 17.2 Å². The van der Waals surface area contributed by atoms with Crippen LogP contribution in [0.1, 0.15) is 33.9 Å². The molecular weight excluding hydrogens is 392 g/mol. The van der Waals surface area contributed by atoms with Crippen molar-refractivity contribution in [2.24, 2.45) is 4.99 Å². The molecule has 6 heteroatoms. The maximum atomic E-state index is 13.3. The van der Waals surface area contributed by atoms with Gasteiger partial charge in [-0.3, -0.25) is 14.7 Å². The zero-order valence-corrected chi connectivity index (χ0v) is 17.6. The van der Waals surface area contributed by atoms with Gasteiger partial charge in [-0.05, 0) is 35.9 Å². The number of anilines is 1. The number of ether oxygens (including phenoxy) is 3. The first-order chi connectivity index (χ1) is 15.2. The van der Waals surface area contributed by atoms with Crippen LogP contribution in [0.25, 0.3) is 0 Å². The van der Waals surface area contributed by atoms with Crippen molar-refractivity contribution < 1.29 is 19.0 Å². The maximum absolute atomic E-state index is 13.3. The third-order valence-corrected chi connectivity index (χ3v) is 5.86. The highest BCUT2D eigenvalue weighted by Crippen LogP contribution is 2.47. The molecule has 0 aliphatic carbocycles. The molecule has 0 N–H and O–H groups in total.